The number of methoxy groups -OCH3 is 1. The number of carbonyl (C=O) groups is 1. The van der Waals surface area contributed by atoms with Crippen LogP contribution in [0.5, 0.6) is 5.75 Å². The first-order chi connectivity index (χ1) is 16.2. The summed E-state index contributed by atoms with van der Waals surface area (Å²) in [5.41, 5.74) is 1.17. The van der Waals surface area contributed by atoms with E-state index in [2.05, 4.69) is 5.32 Å². The minimum absolute atomic E-state index is 0.0545. The Hall–Kier alpha value is -3.37. The molecule has 1 N–H and O–H groups in total. The Balaban J connectivity index is 1.54. The number of nitrogens with one attached hydrogen (secondary N) is 1. The van der Waals surface area contributed by atoms with Crippen LogP contribution < -0.4 is 15.6 Å². The van der Waals surface area contributed by atoms with Crippen LogP contribution >= 0.6 is 0 Å². The fourth-order valence-corrected chi connectivity index (χ4v) is 5.73. The number of aromatic nitrogens is 2. The van der Waals surface area contributed by atoms with Gasteiger partial charge in [0.25, 0.3) is 5.56 Å². The Morgan fingerprint density at radius 1 is 1.09 bits per heavy atom. The number of rotatable bonds is 6. The number of benzene rings is 2. The van der Waals surface area contributed by atoms with E-state index in [0.29, 0.717) is 36.5 Å². The van der Waals surface area contributed by atoms with E-state index in [1.54, 1.807) is 30.8 Å². The molecule has 1 aliphatic rings. The monoisotopic (exact) mass is 484 g/mol. The molecule has 10 heteroatoms. The van der Waals surface area contributed by atoms with Crippen LogP contribution in [0.15, 0.2) is 64.3 Å². The third-order valence-corrected chi connectivity index (χ3v) is 8.13. The third kappa shape index (κ3) is 4.38. The lowest BCUT2D eigenvalue weighted by molar-refractivity contribution is -0.120. The van der Waals surface area contributed by atoms with Crippen LogP contribution in [0.1, 0.15) is 18.5 Å². The fraction of sp³-hybridized carbons (Fsp3) is 0.333. The molecule has 1 aromatic heterocycles. The van der Waals surface area contributed by atoms with Gasteiger partial charge < -0.3 is 10.1 Å². The molecule has 1 aliphatic heterocycles. The van der Waals surface area contributed by atoms with Gasteiger partial charge in [-0.2, -0.15) is 4.31 Å². The summed E-state index contributed by atoms with van der Waals surface area (Å²) in [5.74, 6) is -0.360. The van der Waals surface area contributed by atoms with E-state index in [1.807, 2.05) is 30.3 Å². The quantitative estimate of drug-likeness (QED) is 0.579. The first-order valence-electron chi connectivity index (χ1n) is 11.0. The molecular weight excluding hydrogens is 456 g/mol. The molecule has 2 heterocycles. The van der Waals surface area contributed by atoms with Crippen LogP contribution in [0.4, 0.5) is 5.69 Å². The van der Waals surface area contributed by atoms with Crippen molar-refractivity contribution in [3.63, 3.8) is 0 Å². The van der Waals surface area contributed by atoms with Crippen molar-refractivity contribution < 1.29 is 17.9 Å². The number of ether oxygens (including phenoxy) is 1. The molecule has 180 valence electrons. The Bertz CT molecular complexity index is 1340. The first-order valence-corrected chi connectivity index (χ1v) is 12.5. The van der Waals surface area contributed by atoms with Crippen LogP contribution in [0.2, 0.25) is 0 Å². The molecule has 4 rings (SSSR count). The SMILES string of the molecule is COc1ccc(S(=O)(=O)N2CCC[C@@H](C(=O)Nc3c(C)n(C)n(-c4ccccc4)c3=O)C2)cc1. The van der Waals surface area contributed by atoms with E-state index in [-0.39, 0.29) is 28.6 Å². The lowest BCUT2D eigenvalue weighted by Gasteiger charge is -2.31. The number of amides is 1. The lowest BCUT2D eigenvalue weighted by Crippen LogP contribution is -2.44. The summed E-state index contributed by atoms with van der Waals surface area (Å²) < 4.78 is 35.9. The van der Waals surface area contributed by atoms with E-state index >= 15 is 0 Å². The van der Waals surface area contributed by atoms with Crippen LogP contribution in [-0.4, -0.2) is 48.2 Å². The number of nitrogens with zero attached hydrogens (tertiary/aromatic N) is 3. The number of para-hydroxylation sites is 1. The summed E-state index contributed by atoms with van der Waals surface area (Å²) in [4.78, 5) is 26.4. The van der Waals surface area contributed by atoms with Gasteiger partial charge in [-0.3, -0.25) is 14.3 Å². The van der Waals surface area contributed by atoms with Gasteiger partial charge in [0.2, 0.25) is 15.9 Å². The molecule has 0 saturated carbocycles. The molecule has 0 radical (unpaired) electrons. The Labute approximate surface area is 198 Å². The zero-order chi connectivity index (χ0) is 24.5. The Morgan fingerprint density at radius 2 is 1.76 bits per heavy atom. The van der Waals surface area contributed by atoms with Crippen molar-refractivity contribution in [2.45, 2.75) is 24.7 Å². The van der Waals surface area contributed by atoms with E-state index in [0.717, 1.165) is 0 Å². The largest absolute Gasteiger partial charge is 0.497 e. The third-order valence-electron chi connectivity index (χ3n) is 6.25. The molecule has 34 heavy (non-hydrogen) atoms. The van der Waals surface area contributed by atoms with Gasteiger partial charge in [-0.15, -0.1) is 0 Å². The number of sulfonamides is 1. The van der Waals surface area contributed by atoms with Crippen LogP contribution in [0.3, 0.4) is 0 Å². The van der Waals surface area contributed by atoms with Gasteiger partial charge in [0.15, 0.2) is 0 Å². The predicted molar refractivity (Wildman–Crippen MR) is 129 cm³/mol. The van der Waals surface area contributed by atoms with Crippen molar-refractivity contribution in [3.05, 3.63) is 70.6 Å². The van der Waals surface area contributed by atoms with Gasteiger partial charge in [-0.25, -0.2) is 13.1 Å². The normalized spacial score (nSPS) is 16.9. The molecule has 3 aromatic rings. The molecule has 0 unspecified atom stereocenters. The molecule has 1 fully saturated rings. The minimum atomic E-state index is -3.75. The van der Waals surface area contributed by atoms with Crippen molar-refractivity contribution in [1.82, 2.24) is 13.7 Å². The molecule has 2 aromatic carbocycles. The highest BCUT2D eigenvalue weighted by Crippen LogP contribution is 2.26. The molecule has 1 amide bonds. The summed E-state index contributed by atoms with van der Waals surface area (Å²) in [6.07, 6.45) is 1.09. The smallest absolute Gasteiger partial charge is 0.295 e. The molecule has 0 spiro atoms. The number of hydrogen-bond donors (Lipinski definition) is 1. The average molecular weight is 485 g/mol. The average Bonchev–Trinajstić information content (AvgIpc) is 3.07. The summed E-state index contributed by atoms with van der Waals surface area (Å²) >= 11 is 0. The Kier molecular flexibility index (Phi) is 6.63. The van der Waals surface area contributed by atoms with Gasteiger partial charge in [-0.1, -0.05) is 18.2 Å². The number of hydrogen-bond acceptors (Lipinski definition) is 5. The van der Waals surface area contributed by atoms with Crippen molar-refractivity contribution in [3.8, 4) is 11.4 Å². The van der Waals surface area contributed by atoms with Crippen molar-refractivity contribution >= 4 is 21.6 Å². The van der Waals surface area contributed by atoms with E-state index in [9.17, 15) is 18.0 Å². The molecule has 0 bridgehead atoms. The maximum absolute atomic E-state index is 13.1. The fourth-order valence-electron chi connectivity index (χ4n) is 4.21. The highest BCUT2D eigenvalue weighted by molar-refractivity contribution is 7.89. The number of piperidine rings is 1. The first kappa shape index (κ1) is 23.8. The lowest BCUT2D eigenvalue weighted by atomic mass is 9.99. The predicted octanol–water partition coefficient (Wildman–Crippen LogP) is 2.53. The molecule has 0 aliphatic carbocycles. The maximum atomic E-state index is 13.1. The van der Waals surface area contributed by atoms with Crippen LogP contribution in [-0.2, 0) is 21.9 Å². The van der Waals surface area contributed by atoms with Crippen LogP contribution in [0.25, 0.3) is 5.69 Å². The molecule has 1 atom stereocenters. The van der Waals surface area contributed by atoms with Gasteiger partial charge in [0.05, 0.1) is 29.3 Å². The summed E-state index contributed by atoms with van der Waals surface area (Å²) in [5, 5.41) is 2.77. The van der Waals surface area contributed by atoms with Crippen molar-refractivity contribution in [1.29, 1.82) is 0 Å². The van der Waals surface area contributed by atoms with E-state index < -0.39 is 15.9 Å². The second-order valence-corrected chi connectivity index (χ2v) is 10.2. The maximum Gasteiger partial charge on any atom is 0.295 e. The van der Waals surface area contributed by atoms with Crippen molar-refractivity contribution in [2.75, 3.05) is 25.5 Å². The van der Waals surface area contributed by atoms with Gasteiger partial charge in [0.1, 0.15) is 11.4 Å². The second-order valence-electron chi connectivity index (χ2n) is 8.30. The Morgan fingerprint density at radius 3 is 2.41 bits per heavy atom. The molecular formula is C24H28N4O5S. The zero-order valence-electron chi connectivity index (χ0n) is 19.4. The van der Waals surface area contributed by atoms with Gasteiger partial charge in [-0.05, 0) is 56.2 Å². The zero-order valence-corrected chi connectivity index (χ0v) is 20.2. The van der Waals surface area contributed by atoms with Crippen molar-refractivity contribution in [2.24, 2.45) is 13.0 Å². The number of anilines is 1. The molecule has 1 saturated heterocycles. The van der Waals surface area contributed by atoms with E-state index in [1.165, 1.54) is 28.2 Å². The summed E-state index contributed by atoms with van der Waals surface area (Å²) in [7, 11) is -0.486. The summed E-state index contributed by atoms with van der Waals surface area (Å²) in [6, 6.07) is 15.3. The number of carbonyl (C=O) groups excluding carboxylic acids is 1. The standard InChI is InChI=1S/C24H28N4O5S/c1-17-22(24(30)28(26(17)2)19-9-5-4-6-10-19)25-23(29)18-8-7-15-27(16-18)34(31,32)21-13-11-20(33-3)12-14-21/h4-6,9-14,18H,7-8,15-16H2,1-3H3,(H,25,29)/t18-/m1/s1. The van der Waals surface area contributed by atoms with Gasteiger partial charge >= 0.3 is 0 Å². The minimum Gasteiger partial charge on any atom is -0.497 e. The molecule has 9 nitrogen and oxygen atoms in total. The second kappa shape index (κ2) is 9.47. The highest BCUT2D eigenvalue weighted by Gasteiger charge is 2.34. The topological polar surface area (TPSA) is 103 Å². The van der Waals surface area contributed by atoms with Gasteiger partial charge in [0, 0.05) is 20.1 Å². The summed E-state index contributed by atoms with van der Waals surface area (Å²) in [6.45, 7) is 2.15. The van der Waals surface area contributed by atoms with E-state index in [4.69, 9.17) is 4.74 Å². The van der Waals surface area contributed by atoms with Crippen LogP contribution in [0, 0.1) is 12.8 Å². The highest BCUT2D eigenvalue weighted by atomic mass is 32.2.